The van der Waals surface area contributed by atoms with E-state index in [0.29, 0.717) is 0 Å². The van der Waals surface area contributed by atoms with Gasteiger partial charge in [0.25, 0.3) is 0 Å². The zero-order chi connectivity index (χ0) is 14.8. The van der Waals surface area contributed by atoms with Crippen LogP contribution in [0.1, 0.15) is 17.4 Å². The molecule has 0 saturated carbocycles. The molecule has 2 rings (SSSR count). The SMILES string of the molecule is CC(=Nc1c(C)cccc1O[Si](C)(C)C)c1cccs1. The van der Waals surface area contributed by atoms with Gasteiger partial charge in [0.1, 0.15) is 11.4 Å². The Hall–Kier alpha value is -1.39. The molecule has 0 aliphatic carbocycles. The standard InChI is InChI=1S/C16H21NOSSi/c1-12-8-6-9-14(18-20(3,4)5)16(12)17-13(2)15-10-7-11-19-15/h6-11H,1-5H3. The summed E-state index contributed by atoms with van der Waals surface area (Å²) in [5.74, 6) is 0.903. The van der Waals surface area contributed by atoms with Gasteiger partial charge in [0.05, 0.1) is 5.71 Å². The fourth-order valence-electron chi connectivity index (χ4n) is 1.89. The highest BCUT2D eigenvalue weighted by Gasteiger charge is 2.19. The minimum absolute atomic E-state index is 0.903. The number of para-hydroxylation sites is 1. The maximum atomic E-state index is 6.17. The van der Waals surface area contributed by atoms with Crippen molar-refractivity contribution in [2.45, 2.75) is 33.5 Å². The quantitative estimate of drug-likeness (QED) is 0.546. The van der Waals surface area contributed by atoms with E-state index in [1.54, 1.807) is 11.3 Å². The summed E-state index contributed by atoms with van der Waals surface area (Å²) in [6.45, 7) is 10.7. The van der Waals surface area contributed by atoms with Crippen molar-refractivity contribution < 1.29 is 4.43 Å². The molecule has 1 aromatic heterocycles. The van der Waals surface area contributed by atoms with Crippen LogP contribution in [0, 0.1) is 6.92 Å². The molecule has 1 aromatic carbocycles. The highest BCUT2D eigenvalue weighted by molar-refractivity contribution is 7.12. The van der Waals surface area contributed by atoms with Gasteiger partial charge in [-0.05, 0) is 56.6 Å². The first-order valence-electron chi connectivity index (χ1n) is 6.74. The van der Waals surface area contributed by atoms with E-state index in [1.165, 1.54) is 4.88 Å². The highest BCUT2D eigenvalue weighted by atomic mass is 32.1. The zero-order valence-electron chi connectivity index (χ0n) is 12.7. The maximum Gasteiger partial charge on any atom is 0.242 e. The van der Waals surface area contributed by atoms with Crippen molar-refractivity contribution in [2.75, 3.05) is 0 Å². The number of benzene rings is 1. The molecule has 0 N–H and O–H groups in total. The Morgan fingerprint density at radius 2 is 1.90 bits per heavy atom. The topological polar surface area (TPSA) is 21.6 Å². The molecule has 0 bridgehead atoms. The van der Waals surface area contributed by atoms with E-state index in [9.17, 15) is 0 Å². The van der Waals surface area contributed by atoms with Crippen molar-refractivity contribution in [1.82, 2.24) is 0 Å². The van der Waals surface area contributed by atoms with Crippen molar-refractivity contribution in [3.8, 4) is 5.75 Å². The van der Waals surface area contributed by atoms with Gasteiger partial charge in [0.15, 0.2) is 0 Å². The highest BCUT2D eigenvalue weighted by Crippen LogP contribution is 2.33. The molecule has 0 atom stereocenters. The first-order valence-corrected chi connectivity index (χ1v) is 11.0. The van der Waals surface area contributed by atoms with Gasteiger partial charge in [-0.1, -0.05) is 18.2 Å². The number of nitrogens with zero attached hydrogens (tertiary/aromatic N) is 1. The largest absolute Gasteiger partial charge is 0.543 e. The molecule has 20 heavy (non-hydrogen) atoms. The normalized spacial score (nSPS) is 12.6. The van der Waals surface area contributed by atoms with Crippen LogP contribution < -0.4 is 4.43 Å². The summed E-state index contributed by atoms with van der Waals surface area (Å²) in [5, 5.41) is 2.08. The molecule has 0 spiro atoms. The third-order valence-corrected chi connectivity index (χ3v) is 4.59. The Morgan fingerprint density at radius 3 is 2.50 bits per heavy atom. The fourth-order valence-corrected chi connectivity index (χ4v) is 3.40. The van der Waals surface area contributed by atoms with Gasteiger partial charge < -0.3 is 4.43 Å². The second-order valence-corrected chi connectivity index (χ2v) is 11.2. The van der Waals surface area contributed by atoms with Gasteiger partial charge in [-0.15, -0.1) is 11.3 Å². The lowest BCUT2D eigenvalue weighted by molar-refractivity contribution is 0.558. The summed E-state index contributed by atoms with van der Waals surface area (Å²) in [6, 6.07) is 10.3. The third kappa shape index (κ3) is 3.80. The summed E-state index contributed by atoms with van der Waals surface area (Å²) >= 11 is 1.71. The molecule has 0 aliphatic heterocycles. The molecule has 2 nitrogen and oxygen atoms in total. The minimum Gasteiger partial charge on any atom is -0.543 e. The molecule has 106 valence electrons. The number of hydrogen-bond donors (Lipinski definition) is 0. The summed E-state index contributed by atoms with van der Waals surface area (Å²) in [5.41, 5.74) is 3.15. The van der Waals surface area contributed by atoms with E-state index in [-0.39, 0.29) is 0 Å². The Labute approximate surface area is 126 Å². The van der Waals surface area contributed by atoms with Gasteiger partial charge >= 0.3 is 0 Å². The van der Waals surface area contributed by atoms with Crippen LogP contribution in [0.25, 0.3) is 0 Å². The first kappa shape index (κ1) is 15.0. The second kappa shape index (κ2) is 5.93. The van der Waals surface area contributed by atoms with Crippen LogP contribution in [0.5, 0.6) is 5.75 Å². The first-order chi connectivity index (χ1) is 9.37. The molecule has 0 fully saturated rings. The van der Waals surface area contributed by atoms with E-state index in [1.807, 2.05) is 12.1 Å². The Balaban J connectivity index is 2.43. The number of aryl methyl sites for hydroxylation is 1. The molecule has 0 aliphatic rings. The summed E-state index contributed by atoms with van der Waals surface area (Å²) in [7, 11) is -1.64. The molecule has 0 radical (unpaired) electrons. The van der Waals surface area contributed by atoms with E-state index < -0.39 is 8.32 Å². The second-order valence-electron chi connectivity index (χ2n) is 5.81. The smallest absolute Gasteiger partial charge is 0.242 e. The van der Waals surface area contributed by atoms with Gasteiger partial charge in [0.2, 0.25) is 8.32 Å². The molecule has 0 saturated heterocycles. The number of aliphatic imine (C=N–C) groups is 1. The molecule has 0 amide bonds. The van der Waals surface area contributed by atoms with Crippen molar-refractivity contribution in [3.63, 3.8) is 0 Å². The summed E-state index contributed by atoms with van der Waals surface area (Å²) in [6.07, 6.45) is 0. The Morgan fingerprint density at radius 1 is 1.15 bits per heavy atom. The van der Waals surface area contributed by atoms with Crippen molar-refractivity contribution in [2.24, 2.45) is 4.99 Å². The molecule has 0 unspecified atom stereocenters. The van der Waals surface area contributed by atoms with E-state index in [0.717, 1.165) is 22.7 Å². The Bertz CT molecular complexity index is 612. The van der Waals surface area contributed by atoms with Crippen LogP contribution in [-0.4, -0.2) is 14.0 Å². The number of hydrogen-bond acceptors (Lipinski definition) is 3. The minimum atomic E-state index is -1.64. The van der Waals surface area contributed by atoms with Crippen molar-refractivity contribution in [1.29, 1.82) is 0 Å². The molecular formula is C16H21NOSSi. The van der Waals surface area contributed by atoms with Crippen LogP contribution in [0.3, 0.4) is 0 Å². The number of thiophene rings is 1. The maximum absolute atomic E-state index is 6.17. The number of rotatable bonds is 4. The average molecular weight is 304 g/mol. The molecule has 2 aromatic rings. The summed E-state index contributed by atoms with van der Waals surface area (Å²) < 4.78 is 6.17. The van der Waals surface area contributed by atoms with Crippen molar-refractivity contribution in [3.05, 3.63) is 46.2 Å². The lowest BCUT2D eigenvalue weighted by Crippen LogP contribution is -2.29. The third-order valence-electron chi connectivity index (χ3n) is 2.77. The zero-order valence-corrected chi connectivity index (χ0v) is 14.5. The van der Waals surface area contributed by atoms with E-state index in [2.05, 4.69) is 57.1 Å². The van der Waals surface area contributed by atoms with Gasteiger partial charge in [-0.3, -0.25) is 0 Å². The lowest BCUT2D eigenvalue weighted by atomic mass is 10.2. The van der Waals surface area contributed by atoms with Crippen LogP contribution in [0.15, 0.2) is 40.7 Å². The van der Waals surface area contributed by atoms with Gasteiger partial charge in [-0.25, -0.2) is 4.99 Å². The molecular weight excluding hydrogens is 282 g/mol. The lowest BCUT2D eigenvalue weighted by Gasteiger charge is -2.21. The van der Waals surface area contributed by atoms with Gasteiger partial charge in [-0.2, -0.15) is 0 Å². The van der Waals surface area contributed by atoms with Crippen molar-refractivity contribution >= 4 is 31.1 Å². The van der Waals surface area contributed by atoms with E-state index >= 15 is 0 Å². The van der Waals surface area contributed by atoms with Crippen LogP contribution in [0.4, 0.5) is 5.69 Å². The fraction of sp³-hybridized carbons (Fsp3) is 0.312. The molecule has 4 heteroatoms. The predicted molar refractivity (Wildman–Crippen MR) is 91.3 cm³/mol. The Kier molecular flexibility index (Phi) is 4.45. The van der Waals surface area contributed by atoms with E-state index in [4.69, 9.17) is 9.42 Å². The van der Waals surface area contributed by atoms with Crippen LogP contribution in [-0.2, 0) is 0 Å². The predicted octanol–water partition coefficient (Wildman–Crippen LogP) is 5.41. The summed E-state index contributed by atoms with van der Waals surface area (Å²) in [4.78, 5) is 6.01. The van der Waals surface area contributed by atoms with Gasteiger partial charge in [0, 0.05) is 4.88 Å². The molecule has 1 heterocycles. The monoisotopic (exact) mass is 303 g/mol. The van der Waals surface area contributed by atoms with Crippen LogP contribution >= 0.6 is 11.3 Å². The van der Waals surface area contributed by atoms with Crippen LogP contribution in [0.2, 0.25) is 19.6 Å². The average Bonchev–Trinajstić information content (AvgIpc) is 2.85.